The maximum atomic E-state index is 12.5. The molecule has 0 atom stereocenters. The lowest BCUT2D eigenvalue weighted by molar-refractivity contribution is 0.552. The number of aryl methyl sites for hydroxylation is 2. The van der Waals surface area contributed by atoms with Gasteiger partial charge in [-0.15, -0.1) is 0 Å². The van der Waals surface area contributed by atoms with Crippen molar-refractivity contribution in [3.63, 3.8) is 0 Å². The average molecular weight is 306 g/mol. The summed E-state index contributed by atoms with van der Waals surface area (Å²) in [4.78, 5) is 31.3. The molecule has 0 saturated heterocycles. The molecule has 0 fully saturated rings. The van der Waals surface area contributed by atoms with Gasteiger partial charge in [0.15, 0.2) is 11.2 Å². The number of nitrogens with zero attached hydrogens (tertiary/aromatic N) is 5. The predicted octanol–water partition coefficient (Wildman–Crippen LogP) is -0.747. The van der Waals surface area contributed by atoms with Crippen molar-refractivity contribution in [1.82, 2.24) is 24.0 Å². The fourth-order valence-electron chi connectivity index (χ4n) is 3.07. The number of anilines is 1. The van der Waals surface area contributed by atoms with Crippen LogP contribution in [0.2, 0.25) is 0 Å². The second-order valence-corrected chi connectivity index (χ2v) is 5.74. The van der Waals surface area contributed by atoms with Gasteiger partial charge in [0, 0.05) is 33.7 Å². The van der Waals surface area contributed by atoms with Gasteiger partial charge >= 0.3 is 5.69 Å². The molecular formula is C14H22N6O2. The zero-order valence-electron chi connectivity index (χ0n) is 13.3. The van der Waals surface area contributed by atoms with Crippen LogP contribution >= 0.6 is 0 Å². The molecule has 1 aliphatic rings. The van der Waals surface area contributed by atoms with Crippen molar-refractivity contribution >= 4 is 17.1 Å². The van der Waals surface area contributed by atoms with E-state index in [1.54, 1.807) is 7.05 Å². The van der Waals surface area contributed by atoms with E-state index < -0.39 is 0 Å². The smallest absolute Gasteiger partial charge is 0.332 e. The van der Waals surface area contributed by atoms with Gasteiger partial charge in [0.25, 0.3) is 5.56 Å². The van der Waals surface area contributed by atoms with Crippen molar-refractivity contribution in [1.29, 1.82) is 0 Å². The summed E-state index contributed by atoms with van der Waals surface area (Å²) in [5.74, 6) is 0.802. The molecule has 3 rings (SSSR count). The molecular weight excluding hydrogens is 284 g/mol. The Bertz CT molecular complexity index is 815. The number of nitrogens with one attached hydrogen (secondary N) is 1. The number of rotatable bonds is 4. The standard InChI is InChI=1S/C14H22N6O2/c1-15-6-4-7-19-8-5-9-20-10-11(16-13(19)20)17(2)14(22)18(3)12(10)21/h15H,4-9H2,1-3H3. The van der Waals surface area contributed by atoms with Crippen LogP contribution in [-0.4, -0.2) is 45.4 Å². The maximum absolute atomic E-state index is 12.5. The van der Waals surface area contributed by atoms with Crippen LogP contribution < -0.4 is 21.5 Å². The summed E-state index contributed by atoms with van der Waals surface area (Å²) >= 11 is 0. The number of hydrogen-bond acceptors (Lipinski definition) is 5. The molecule has 8 heteroatoms. The molecule has 0 unspecified atom stereocenters. The van der Waals surface area contributed by atoms with Gasteiger partial charge in [-0.25, -0.2) is 4.79 Å². The van der Waals surface area contributed by atoms with Gasteiger partial charge in [-0.1, -0.05) is 0 Å². The first kappa shape index (κ1) is 14.8. The first-order chi connectivity index (χ1) is 10.6. The topological polar surface area (TPSA) is 77.1 Å². The summed E-state index contributed by atoms with van der Waals surface area (Å²) in [5, 5.41) is 3.14. The number of imidazole rings is 1. The normalized spacial score (nSPS) is 14.6. The number of aromatic nitrogens is 4. The molecule has 0 spiro atoms. The van der Waals surface area contributed by atoms with Crippen molar-refractivity contribution in [3.8, 4) is 0 Å². The largest absolute Gasteiger partial charge is 0.342 e. The van der Waals surface area contributed by atoms with E-state index in [4.69, 9.17) is 0 Å². The van der Waals surface area contributed by atoms with Crippen LogP contribution in [0, 0.1) is 0 Å². The van der Waals surface area contributed by atoms with Gasteiger partial charge in [0.05, 0.1) is 0 Å². The van der Waals surface area contributed by atoms with E-state index >= 15 is 0 Å². The summed E-state index contributed by atoms with van der Waals surface area (Å²) in [6, 6.07) is 0. The molecule has 0 amide bonds. The van der Waals surface area contributed by atoms with Gasteiger partial charge in [-0.05, 0) is 26.4 Å². The lowest BCUT2D eigenvalue weighted by atomic mass is 10.3. The summed E-state index contributed by atoms with van der Waals surface area (Å²) in [7, 11) is 5.11. The number of hydrogen-bond donors (Lipinski definition) is 1. The molecule has 22 heavy (non-hydrogen) atoms. The van der Waals surface area contributed by atoms with Crippen LogP contribution in [0.25, 0.3) is 11.2 Å². The highest BCUT2D eigenvalue weighted by molar-refractivity contribution is 5.74. The summed E-state index contributed by atoms with van der Waals surface area (Å²) < 4.78 is 4.56. The average Bonchev–Trinajstić information content (AvgIpc) is 2.91. The van der Waals surface area contributed by atoms with Crippen LogP contribution in [-0.2, 0) is 20.6 Å². The van der Waals surface area contributed by atoms with Crippen molar-refractivity contribution in [2.45, 2.75) is 19.4 Å². The van der Waals surface area contributed by atoms with Crippen molar-refractivity contribution < 1.29 is 0 Å². The monoisotopic (exact) mass is 306 g/mol. The lowest BCUT2D eigenvalue weighted by Crippen LogP contribution is -2.38. The summed E-state index contributed by atoms with van der Waals surface area (Å²) in [6.45, 7) is 3.53. The molecule has 0 saturated carbocycles. The fraction of sp³-hybridized carbons (Fsp3) is 0.643. The van der Waals surface area contributed by atoms with Crippen molar-refractivity contribution in [2.24, 2.45) is 14.1 Å². The highest BCUT2D eigenvalue weighted by Gasteiger charge is 2.25. The zero-order chi connectivity index (χ0) is 15.9. The first-order valence-electron chi connectivity index (χ1n) is 7.62. The van der Waals surface area contributed by atoms with Crippen LogP contribution in [0.15, 0.2) is 9.59 Å². The SMILES string of the molecule is CNCCCN1CCCn2c1nc1c2c(=O)n(C)c(=O)n1C. The van der Waals surface area contributed by atoms with E-state index in [1.807, 2.05) is 11.6 Å². The van der Waals surface area contributed by atoms with Crippen LogP contribution in [0.4, 0.5) is 5.95 Å². The molecule has 1 N–H and O–H groups in total. The van der Waals surface area contributed by atoms with Crippen molar-refractivity contribution in [3.05, 3.63) is 20.8 Å². The Labute approximate surface area is 128 Å². The quantitative estimate of drug-likeness (QED) is 0.753. The third-order valence-corrected chi connectivity index (χ3v) is 4.28. The first-order valence-corrected chi connectivity index (χ1v) is 7.62. The van der Waals surface area contributed by atoms with E-state index in [-0.39, 0.29) is 11.2 Å². The summed E-state index contributed by atoms with van der Waals surface area (Å²) in [5.41, 5.74) is 0.394. The molecule has 0 aliphatic carbocycles. The molecule has 120 valence electrons. The van der Waals surface area contributed by atoms with Crippen LogP contribution in [0.1, 0.15) is 12.8 Å². The second-order valence-electron chi connectivity index (χ2n) is 5.74. The Morgan fingerprint density at radius 3 is 2.68 bits per heavy atom. The van der Waals surface area contributed by atoms with E-state index in [0.717, 1.165) is 49.5 Å². The van der Waals surface area contributed by atoms with Crippen LogP contribution in [0.5, 0.6) is 0 Å². The molecule has 2 aromatic heterocycles. The molecule has 8 nitrogen and oxygen atoms in total. The Morgan fingerprint density at radius 1 is 1.18 bits per heavy atom. The number of fused-ring (bicyclic) bond motifs is 3. The van der Waals surface area contributed by atoms with Gasteiger partial charge in [-0.2, -0.15) is 4.98 Å². The third kappa shape index (κ3) is 2.14. The highest BCUT2D eigenvalue weighted by Crippen LogP contribution is 2.24. The molecule has 0 radical (unpaired) electrons. The third-order valence-electron chi connectivity index (χ3n) is 4.28. The van der Waals surface area contributed by atoms with E-state index in [9.17, 15) is 9.59 Å². The van der Waals surface area contributed by atoms with E-state index in [1.165, 1.54) is 11.6 Å². The lowest BCUT2D eigenvalue weighted by Gasteiger charge is -2.28. The summed E-state index contributed by atoms with van der Waals surface area (Å²) in [6.07, 6.45) is 1.99. The maximum Gasteiger partial charge on any atom is 0.332 e. The molecule has 0 bridgehead atoms. The highest BCUT2D eigenvalue weighted by atomic mass is 16.2. The molecule has 2 aromatic rings. The minimum atomic E-state index is -0.338. The zero-order valence-corrected chi connectivity index (χ0v) is 13.3. The Hall–Kier alpha value is -2.09. The Kier molecular flexibility index (Phi) is 3.78. The minimum Gasteiger partial charge on any atom is -0.342 e. The van der Waals surface area contributed by atoms with E-state index in [0.29, 0.717) is 11.2 Å². The van der Waals surface area contributed by atoms with Crippen LogP contribution in [0.3, 0.4) is 0 Å². The second kappa shape index (κ2) is 5.60. The van der Waals surface area contributed by atoms with Gasteiger partial charge in [0.2, 0.25) is 5.95 Å². The molecule has 1 aliphatic heterocycles. The van der Waals surface area contributed by atoms with Crippen molar-refractivity contribution in [2.75, 3.05) is 31.6 Å². The predicted molar refractivity (Wildman–Crippen MR) is 85.6 cm³/mol. The Morgan fingerprint density at radius 2 is 1.95 bits per heavy atom. The minimum absolute atomic E-state index is 0.270. The van der Waals surface area contributed by atoms with Gasteiger partial charge in [-0.3, -0.25) is 13.9 Å². The molecule has 0 aromatic carbocycles. The Balaban J connectivity index is 2.15. The fourth-order valence-corrected chi connectivity index (χ4v) is 3.07. The van der Waals surface area contributed by atoms with Gasteiger partial charge < -0.3 is 14.8 Å². The van der Waals surface area contributed by atoms with E-state index in [2.05, 4.69) is 15.2 Å². The molecule has 3 heterocycles. The van der Waals surface area contributed by atoms with Gasteiger partial charge in [0.1, 0.15) is 0 Å².